The molecule has 0 saturated carbocycles. The third kappa shape index (κ3) is 4.32. The van der Waals surface area contributed by atoms with Crippen LogP contribution >= 0.6 is 11.5 Å². The van der Waals surface area contributed by atoms with Gasteiger partial charge in [0.25, 0.3) is 0 Å². The minimum atomic E-state index is -3.21. The fourth-order valence-corrected chi connectivity index (χ4v) is 4.65. The van der Waals surface area contributed by atoms with Crippen molar-refractivity contribution >= 4 is 26.5 Å². The van der Waals surface area contributed by atoms with Gasteiger partial charge >= 0.3 is 0 Å². The van der Waals surface area contributed by atoms with Crippen LogP contribution in [0.2, 0.25) is 0 Å². The maximum atomic E-state index is 11.6. The van der Waals surface area contributed by atoms with Crippen molar-refractivity contribution in [2.75, 3.05) is 24.2 Å². The standard InChI is InChI=1S/C19H23N5O3S2/c1-12(2)16-20-18(27-22-16)14-8-10-24(11-9-14)19-21-17(23-28-19)13-4-6-15(7-5-13)29(3,25)26/h4-7,12,14H,8-11H2,1-3H3. The summed E-state index contributed by atoms with van der Waals surface area (Å²) in [5.41, 5.74) is 0.807. The number of piperidine rings is 1. The Morgan fingerprint density at radius 2 is 1.83 bits per heavy atom. The number of benzene rings is 1. The Hall–Kier alpha value is -2.33. The fraction of sp³-hybridized carbons (Fsp3) is 0.474. The van der Waals surface area contributed by atoms with Gasteiger partial charge in [0.05, 0.1) is 4.90 Å². The van der Waals surface area contributed by atoms with Gasteiger partial charge < -0.3 is 9.42 Å². The predicted octanol–water partition coefficient (Wildman–Crippen LogP) is 3.50. The summed E-state index contributed by atoms with van der Waals surface area (Å²) in [5.74, 6) is 2.65. The monoisotopic (exact) mass is 433 g/mol. The van der Waals surface area contributed by atoms with Crippen LogP contribution in [-0.4, -0.2) is 47.3 Å². The molecule has 0 spiro atoms. The Balaban J connectivity index is 1.41. The van der Waals surface area contributed by atoms with Gasteiger partial charge in [0.15, 0.2) is 21.5 Å². The zero-order chi connectivity index (χ0) is 20.6. The summed E-state index contributed by atoms with van der Waals surface area (Å²) in [6.45, 7) is 5.81. The molecule has 1 aliphatic heterocycles. The first-order valence-corrected chi connectivity index (χ1v) is 12.2. The van der Waals surface area contributed by atoms with Crippen molar-refractivity contribution in [1.29, 1.82) is 0 Å². The molecule has 2 aromatic heterocycles. The molecule has 10 heteroatoms. The lowest BCUT2D eigenvalue weighted by atomic mass is 9.97. The van der Waals surface area contributed by atoms with Crippen LogP contribution in [0, 0.1) is 0 Å². The minimum absolute atomic E-state index is 0.263. The van der Waals surface area contributed by atoms with Gasteiger partial charge in [0.2, 0.25) is 11.0 Å². The summed E-state index contributed by atoms with van der Waals surface area (Å²) in [7, 11) is -3.21. The molecule has 1 saturated heterocycles. The van der Waals surface area contributed by atoms with E-state index >= 15 is 0 Å². The first-order valence-electron chi connectivity index (χ1n) is 9.54. The Labute approximate surface area is 174 Å². The SMILES string of the molecule is CC(C)c1noc(C2CCN(c3nc(-c4ccc(S(C)(=O)=O)cc4)ns3)CC2)n1. The number of sulfone groups is 1. The Morgan fingerprint density at radius 1 is 1.14 bits per heavy atom. The second kappa shape index (κ2) is 7.83. The highest BCUT2D eigenvalue weighted by Gasteiger charge is 2.27. The highest BCUT2D eigenvalue weighted by molar-refractivity contribution is 7.90. The van der Waals surface area contributed by atoms with Crippen LogP contribution in [0.4, 0.5) is 5.13 Å². The molecule has 0 aliphatic carbocycles. The Morgan fingerprint density at radius 3 is 2.41 bits per heavy atom. The van der Waals surface area contributed by atoms with E-state index in [2.05, 4.69) is 38.2 Å². The van der Waals surface area contributed by atoms with Crippen LogP contribution in [-0.2, 0) is 9.84 Å². The van der Waals surface area contributed by atoms with E-state index in [4.69, 9.17) is 4.52 Å². The zero-order valence-corrected chi connectivity index (χ0v) is 18.2. The maximum absolute atomic E-state index is 11.6. The molecule has 0 atom stereocenters. The summed E-state index contributed by atoms with van der Waals surface area (Å²) < 4.78 is 33.1. The van der Waals surface area contributed by atoms with E-state index in [0.717, 1.165) is 48.3 Å². The number of hydrogen-bond donors (Lipinski definition) is 0. The normalized spacial score (nSPS) is 15.9. The summed E-state index contributed by atoms with van der Waals surface area (Å²) in [6, 6.07) is 6.67. The van der Waals surface area contributed by atoms with Gasteiger partial charge in [0, 0.05) is 48.3 Å². The highest BCUT2D eigenvalue weighted by Crippen LogP contribution is 2.32. The van der Waals surface area contributed by atoms with Crippen LogP contribution in [0.25, 0.3) is 11.4 Å². The van der Waals surface area contributed by atoms with Crippen molar-refractivity contribution < 1.29 is 12.9 Å². The molecule has 4 rings (SSSR count). The molecule has 8 nitrogen and oxygen atoms in total. The number of aromatic nitrogens is 4. The van der Waals surface area contributed by atoms with Gasteiger partial charge in [-0.25, -0.2) is 8.42 Å². The largest absolute Gasteiger partial charge is 0.347 e. The number of anilines is 1. The number of hydrogen-bond acceptors (Lipinski definition) is 9. The fourth-order valence-electron chi connectivity index (χ4n) is 3.28. The van der Waals surface area contributed by atoms with E-state index in [1.165, 1.54) is 17.8 Å². The van der Waals surface area contributed by atoms with Crippen LogP contribution in [0.5, 0.6) is 0 Å². The molecule has 0 unspecified atom stereocenters. The Bertz CT molecular complexity index is 1080. The van der Waals surface area contributed by atoms with Crippen molar-refractivity contribution in [3.05, 3.63) is 36.0 Å². The summed E-state index contributed by atoms with van der Waals surface area (Å²) in [6.07, 6.45) is 3.05. The van der Waals surface area contributed by atoms with Gasteiger partial charge in [-0.3, -0.25) is 0 Å². The van der Waals surface area contributed by atoms with Gasteiger partial charge in [-0.2, -0.15) is 14.3 Å². The molecule has 3 aromatic rings. The molecule has 0 N–H and O–H groups in total. The van der Waals surface area contributed by atoms with E-state index in [0.29, 0.717) is 10.7 Å². The predicted molar refractivity (Wildman–Crippen MR) is 111 cm³/mol. The van der Waals surface area contributed by atoms with E-state index in [-0.39, 0.29) is 11.8 Å². The highest BCUT2D eigenvalue weighted by atomic mass is 32.2. The molecule has 1 aromatic carbocycles. The van der Waals surface area contributed by atoms with E-state index in [9.17, 15) is 8.42 Å². The van der Waals surface area contributed by atoms with Crippen LogP contribution in [0.3, 0.4) is 0 Å². The lowest BCUT2D eigenvalue weighted by molar-refractivity contribution is 0.326. The average Bonchev–Trinajstić information content (AvgIpc) is 3.38. The summed E-state index contributed by atoms with van der Waals surface area (Å²) in [5, 5.41) is 4.94. The lowest BCUT2D eigenvalue weighted by Crippen LogP contribution is -2.32. The molecule has 1 fully saturated rings. The van der Waals surface area contributed by atoms with Crippen molar-refractivity contribution in [2.45, 2.75) is 43.4 Å². The van der Waals surface area contributed by atoms with Crippen LogP contribution < -0.4 is 4.90 Å². The first kappa shape index (κ1) is 20.0. The molecule has 0 amide bonds. The smallest absolute Gasteiger partial charge is 0.229 e. The van der Waals surface area contributed by atoms with Crippen LogP contribution in [0.15, 0.2) is 33.7 Å². The zero-order valence-electron chi connectivity index (χ0n) is 16.6. The van der Waals surface area contributed by atoms with Gasteiger partial charge in [-0.15, -0.1) is 0 Å². The third-order valence-corrected chi connectivity index (χ3v) is 6.95. The summed E-state index contributed by atoms with van der Waals surface area (Å²) in [4.78, 5) is 11.7. The van der Waals surface area contributed by atoms with E-state index in [1.807, 2.05) is 0 Å². The molecular weight excluding hydrogens is 410 g/mol. The van der Waals surface area contributed by atoms with Gasteiger partial charge in [0.1, 0.15) is 0 Å². The molecule has 0 bridgehead atoms. The third-order valence-electron chi connectivity index (χ3n) is 5.04. The van der Waals surface area contributed by atoms with Crippen molar-refractivity contribution in [3.8, 4) is 11.4 Å². The second-order valence-corrected chi connectivity index (χ2v) is 10.3. The first-order chi connectivity index (χ1) is 13.8. The van der Waals surface area contributed by atoms with Gasteiger partial charge in [-0.1, -0.05) is 19.0 Å². The minimum Gasteiger partial charge on any atom is -0.347 e. The van der Waals surface area contributed by atoms with Crippen LogP contribution in [0.1, 0.15) is 50.2 Å². The molecule has 1 aliphatic rings. The van der Waals surface area contributed by atoms with E-state index in [1.54, 1.807) is 24.3 Å². The lowest BCUT2D eigenvalue weighted by Gasteiger charge is -2.29. The Kier molecular flexibility index (Phi) is 5.39. The summed E-state index contributed by atoms with van der Waals surface area (Å²) >= 11 is 1.36. The van der Waals surface area contributed by atoms with E-state index < -0.39 is 9.84 Å². The van der Waals surface area contributed by atoms with Crippen molar-refractivity contribution in [3.63, 3.8) is 0 Å². The average molecular weight is 434 g/mol. The molecular formula is C19H23N5O3S2. The maximum Gasteiger partial charge on any atom is 0.229 e. The number of rotatable bonds is 5. The molecule has 29 heavy (non-hydrogen) atoms. The molecule has 3 heterocycles. The topological polar surface area (TPSA) is 102 Å². The second-order valence-electron chi connectivity index (χ2n) is 7.60. The quantitative estimate of drug-likeness (QED) is 0.602. The molecule has 0 radical (unpaired) electrons. The molecule has 154 valence electrons. The van der Waals surface area contributed by atoms with Gasteiger partial charge in [-0.05, 0) is 37.1 Å². The van der Waals surface area contributed by atoms with Crippen molar-refractivity contribution in [2.24, 2.45) is 0 Å². The number of nitrogens with zero attached hydrogens (tertiary/aromatic N) is 5. The van der Waals surface area contributed by atoms with Crippen molar-refractivity contribution in [1.82, 2.24) is 19.5 Å².